The lowest BCUT2D eigenvalue weighted by Crippen LogP contribution is -2.11. The summed E-state index contributed by atoms with van der Waals surface area (Å²) < 4.78 is 4.91. The van der Waals surface area contributed by atoms with Gasteiger partial charge in [0.15, 0.2) is 0 Å². The van der Waals surface area contributed by atoms with Crippen LogP contribution in [0.1, 0.15) is 36.6 Å². The zero-order valence-electron chi connectivity index (χ0n) is 9.66. The largest absolute Gasteiger partial charge is 0.466 e. The maximum atomic E-state index is 11.3. The summed E-state index contributed by atoms with van der Waals surface area (Å²) in [6, 6.07) is 2.06. The number of aryl methyl sites for hydroxylation is 2. The molecule has 0 saturated carbocycles. The quantitative estimate of drug-likeness (QED) is 0.730. The first-order valence-electron chi connectivity index (χ1n) is 5.92. The summed E-state index contributed by atoms with van der Waals surface area (Å²) >= 11 is 0. The van der Waals surface area contributed by atoms with Crippen molar-refractivity contribution in [3.05, 3.63) is 29.1 Å². The number of esters is 1. The van der Waals surface area contributed by atoms with Crippen LogP contribution in [-0.4, -0.2) is 17.6 Å². The number of ether oxygens (including phenoxy) is 1. The molecule has 1 aromatic rings. The Morgan fingerprint density at radius 3 is 2.88 bits per heavy atom. The van der Waals surface area contributed by atoms with Crippen LogP contribution in [0.5, 0.6) is 0 Å². The molecule has 16 heavy (non-hydrogen) atoms. The van der Waals surface area contributed by atoms with Gasteiger partial charge in [-0.15, -0.1) is 0 Å². The van der Waals surface area contributed by atoms with Crippen LogP contribution in [0.25, 0.3) is 0 Å². The Balaban J connectivity index is 2.08. The van der Waals surface area contributed by atoms with Crippen molar-refractivity contribution in [2.24, 2.45) is 0 Å². The van der Waals surface area contributed by atoms with Gasteiger partial charge in [-0.2, -0.15) is 0 Å². The van der Waals surface area contributed by atoms with Gasteiger partial charge in [0.25, 0.3) is 0 Å². The molecule has 0 atom stereocenters. The monoisotopic (exact) mass is 219 g/mol. The fourth-order valence-electron chi connectivity index (χ4n) is 2.12. The Morgan fingerprint density at radius 1 is 1.38 bits per heavy atom. The van der Waals surface area contributed by atoms with E-state index in [1.807, 2.05) is 13.1 Å². The maximum absolute atomic E-state index is 11.3. The molecule has 3 nitrogen and oxygen atoms in total. The normalized spacial score (nSPS) is 14.3. The average Bonchev–Trinajstić information content (AvgIpc) is 2.29. The number of carbonyl (C=O) groups excluding carboxylic acids is 1. The van der Waals surface area contributed by atoms with E-state index in [-0.39, 0.29) is 5.97 Å². The summed E-state index contributed by atoms with van der Waals surface area (Å²) in [5, 5.41) is 0. The number of nitrogens with zero attached hydrogens (tertiary/aromatic N) is 1. The maximum Gasteiger partial charge on any atom is 0.311 e. The molecule has 0 spiro atoms. The predicted octanol–water partition coefficient (Wildman–Crippen LogP) is 2.07. The summed E-state index contributed by atoms with van der Waals surface area (Å²) in [5.41, 5.74) is 3.54. The molecule has 0 fully saturated rings. The molecule has 2 rings (SSSR count). The van der Waals surface area contributed by atoms with Crippen molar-refractivity contribution in [2.45, 2.75) is 39.0 Å². The minimum Gasteiger partial charge on any atom is -0.466 e. The van der Waals surface area contributed by atoms with Crippen LogP contribution in [0, 0.1) is 0 Å². The molecule has 3 heteroatoms. The van der Waals surface area contributed by atoms with E-state index in [4.69, 9.17) is 4.74 Å². The van der Waals surface area contributed by atoms with Gasteiger partial charge >= 0.3 is 5.97 Å². The fourth-order valence-corrected chi connectivity index (χ4v) is 2.12. The van der Waals surface area contributed by atoms with Crippen LogP contribution in [0.4, 0.5) is 0 Å². The van der Waals surface area contributed by atoms with E-state index in [2.05, 4.69) is 11.1 Å². The zero-order chi connectivity index (χ0) is 11.4. The van der Waals surface area contributed by atoms with Gasteiger partial charge in [0.2, 0.25) is 0 Å². The highest BCUT2D eigenvalue weighted by Crippen LogP contribution is 2.20. The van der Waals surface area contributed by atoms with Crippen LogP contribution >= 0.6 is 0 Å². The molecular weight excluding hydrogens is 202 g/mol. The lowest BCUT2D eigenvalue weighted by Gasteiger charge is -2.15. The minimum absolute atomic E-state index is 0.189. The molecule has 0 N–H and O–H groups in total. The van der Waals surface area contributed by atoms with Crippen LogP contribution in [0.2, 0.25) is 0 Å². The van der Waals surface area contributed by atoms with Gasteiger partial charge in [0.1, 0.15) is 0 Å². The number of rotatable bonds is 3. The van der Waals surface area contributed by atoms with Crippen LogP contribution < -0.4 is 0 Å². The van der Waals surface area contributed by atoms with Crippen molar-refractivity contribution < 1.29 is 9.53 Å². The Bertz CT molecular complexity index is 388. The van der Waals surface area contributed by atoms with E-state index in [0.717, 1.165) is 18.5 Å². The van der Waals surface area contributed by atoms with Crippen molar-refractivity contribution >= 4 is 5.97 Å². The molecule has 0 aromatic carbocycles. The molecule has 0 aliphatic heterocycles. The SMILES string of the molecule is CCOC(=O)Cc1cc2c(cn1)CCCC2. The summed E-state index contributed by atoms with van der Waals surface area (Å²) in [6.07, 6.45) is 6.96. The minimum atomic E-state index is -0.189. The average molecular weight is 219 g/mol. The molecular formula is C13H17NO2. The first-order valence-corrected chi connectivity index (χ1v) is 5.92. The third-order valence-electron chi connectivity index (χ3n) is 2.91. The predicted molar refractivity (Wildman–Crippen MR) is 61.2 cm³/mol. The molecule has 1 aromatic heterocycles. The van der Waals surface area contributed by atoms with Crippen LogP contribution in [-0.2, 0) is 28.8 Å². The van der Waals surface area contributed by atoms with E-state index >= 15 is 0 Å². The lowest BCUT2D eigenvalue weighted by atomic mass is 9.93. The van der Waals surface area contributed by atoms with Gasteiger partial charge in [-0.3, -0.25) is 9.78 Å². The number of hydrogen-bond acceptors (Lipinski definition) is 3. The molecule has 0 bridgehead atoms. The lowest BCUT2D eigenvalue weighted by molar-refractivity contribution is -0.142. The van der Waals surface area contributed by atoms with Gasteiger partial charge in [-0.1, -0.05) is 0 Å². The van der Waals surface area contributed by atoms with Gasteiger partial charge in [-0.05, 0) is 49.8 Å². The molecule has 1 aliphatic carbocycles. The summed E-state index contributed by atoms with van der Waals surface area (Å²) in [4.78, 5) is 15.6. The molecule has 1 aliphatic rings. The zero-order valence-corrected chi connectivity index (χ0v) is 9.66. The number of aromatic nitrogens is 1. The first-order chi connectivity index (χ1) is 7.79. The molecule has 86 valence electrons. The van der Waals surface area contributed by atoms with Crippen molar-refractivity contribution in [3.63, 3.8) is 0 Å². The second kappa shape index (κ2) is 5.10. The summed E-state index contributed by atoms with van der Waals surface area (Å²) in [6.45, 7) is 2.25. The second-order valence-corrected chi connectivity index (χ2v) is 4.13. The van der Waals surface area contributed by atoms with Crippen LogP contribution in [0.15, 0.2) is 12.3 Å². The molecule has 0 unspecified atom stereocenters. The molecule has 1 heterocycles. The fraction of sp³-hybridized carbons (Fsp3) is 0.538. The Morgan fingerprint density at radius 2 is 2.12 bits per heavy atom. The highest BCUT2D eigenvalue weighted by molar-refractivity contribution is 5.72. The summed E-state index contributed by atoms with van der Waals surface area (Å²) in [5.74, 6) is -0.189. The van der Waals surface area contributed by atoms with Gasteiger partial charge < -0.3 is 4.74 Å². The number of carbonyl (C=O) groups is 1. The third-order valence-corrected chi connectivity index (χ3v) is 2.91. The Labute approximate surface area is 95.8 Å². The summed E-state index contributed by atoms with van der Waals surface area (Å²) in [7, 11) is 0. The number of pyridine rings is 1. The van der Waals surface area contributed by atoms with E-state index in [1.54, 1.807) is 0 Å². The van der Waals surface area contributed by atoms with Crippen molar-refractivity contribution in [3.8, 4) is 0 Å². The second-order valence-electron chi connectivity index (χ2n) is 4.13. The Hall–Kier alpha value is -1.38. The highest BCUT2D eigenvalue weighted by Gasteiger charge is 2.12. The standard InChI is InChI=1S/C13H17NO2/c1-2-16-13(15)8-12-7-10-5-3-4-6-11(10)9-14-12/h7,9H,2-6,8H2,1H3. The van der Waals surface area contributed by atoms with E-state index in [0.29, 0.717) is 13.0 Å². The van der Waals surface area contributed by atoms with Gasteiger partial charge in [0, 0.05) is 6.20 Å². The third kappa shape index (κ3) is 2.60. The molecule has 0 saturated heterocycles. The smallest absolute Gasteiger partial charge is 0.311 e. The highest BCUT2D eigenvalue weighted by atomic mass is 16.5. The number of hydrogen-bond donors (Lipinski definition) is 0. The van der Waals surface area contributed by atoms with E-state index in [1.165, 1.54) is 24.0 Å². The molecule has 0 amide bonds. The van der Waals surface area contributed by atoms with Crippen molar-refractivity contribution in [1.29, 1.82) is 0 Å². The topological polar surface area (TPSA) is 39.2 Å². The van der Waals surface area contributed by atoms with Crippen molar-refractivity contribution in [1.82, 2.24) is 4.98 Å². The van der Waals surface area contributed by atoms with E-state index in [9.17, 15) is 4.79 Å². The van der Waals surface area contributed by atoms with Gasteiger partial charge in [0.05, 0.1) is 18.7 Å². The molecule has 0 radical (unpaired) electrons. The van der Waals surface area contributed by atoms with Gasteiger partial charge in [-0.25, -0.2) is 0 Å². The first kappa shape index (κ1) is 11.1. The Kier molecular flexibility index (Phi) is 3.54. The number of fused-ring (bicyclic) bond motifs is 1. The van der Waals surface area contributed by atoms with Crippen LogP contribution in [0.3, 0.4) is 0 Å². The van der Waals surface area contributed by atoms with E-state index < -0.39 is 0 Å². The van der Waals surface area contributed by atoms with Crippen molar-refractivity contribution in [2.75, 3.05) is 6.61 Å².